The van der Waals surface area contributed by atoms with Gasteiger partial charge in [-0.2, -0.15) is 0 Å². The predicted octanol–water partition coefficient (Wildman–Crippen LogP) is 4.41. The van der Waals surface area contributed by atoms with Gasteiger partial charge in [-0.1, -0.05) is 0 Å². The normalized spacial score (nSPS) is 11.3. The number of fused-ring (bicyclic) bond motifs is 1. The maximum atomic E-state index is 14.4. The van der Waals surface area contributed by atoms with E-state index >= 15 is 0 Å². The fourth-order valence-electron chi connectivity index (χ4n) is 2.66. The number of alkyl halides is 2. The van der Waals surface area contributed by atoms with E-state index in [-0.39, 0.29) is 32.8 Å². The minimum absolute atomic E-state index is 0.00634. The van der Waals surface area contributed by atoms with E-state index in [1.807, 2.05) is 0 Å². The second kappa shape index (κ2) is 6.49. The molecule has 0 bridgehead atoms. The molecule has 0 atom stereocenters. The van der Waals surface area contributed by atoms with Gasteiger partial charge < -0.3 is 9.84 Å². The third kappa shape index (κ3) is 2.84. The van der Waals surface area contributed by atoms with Crippen LogP contribution in [0.25, 0.3) is 10.9 Å². The molecular weight excluding hydrogens is 371 g/mol. The first-order chi connectivity index (χ1) is 12.2. The molecule has 0 aliphatic heterocycles. The van der Waals surface area contributed by atoms with Crippen LogP contribution in [0.5, 0.6) is 11.5 Å². The Morgan fingerprint density at radius 1 is 1.31 bits per heavy atom. The van der Waals surface area contributed by atoms with Gasteiger partial charge in [-0.15, -0.1) is 11.3 Å². The van der Waals surface area contributed by atoms with Crippen LogP contribution in [0.2, 0.25) is 0 Å². The summed E-state index contributed by atoms with van der Waals surface area (Å²) in [7, 11) is 0. The fraction of sp³-hybridized carbons (Fsp3) is 0.176. The van der Waals surface area contributed by atoms with Gasteiger partial charge in [0.1, 0.15) is 0 Å². The van der Waals surface area contributed by atoms with E-state index in [0.717, 1.165) is 35.0 Å². The van der Waals surface area contributed by atoms with Crippen LogP contribution in [0.4, 0.5) is 13.2 Å². The van der Waals surface area contributed by atoms with Gasteiger partial charge in [-0.05, 0) is 25.1 Å². The minimum Gasteiger partial charge on any atom is -0.505 e. The number of esters is 1. The number of phenols is 1. The zero-order valence-corrected chi connectivity index (χ0v) is 14.4. The molecule has 0 spiro atoms. The summed E-state index contributed by atoms with van der Waals surface area (Å²) in [6, 6.07) is 3.40. The monoisotopic (exact) mass is 383 g/mol. The van der Waals surface area contributed by atoms with Gasteiger partial charge in [0.15, 0.2) is 17.3 Å². The molecule has 0 fully saturated rings. The molecule has 3 aromatic rings. The first-order valence-electron chi connectivity index (χ1n) is 7.34. The molecule has 0 saturated carbocycles. The van der Waals surface area contributed by atoms with Gasteiger partial charge in [0, 0.05) is 12.3 Å². The summed E-state index contributed by atoms with van der Waals surface area (Å²) < 4.78 is 46.1. The van der Waals surface area contributed by atoms with E-state index in [1.165, 1.54) is 18.4 Å². The summed E-state index contributed by atoms with van der Waals surface area (Å²) in [6.45, 7) is 2.53. The number of thiophene rings is 1. The first-order valence-corrected chi connectivity index (χ1v) is 8.22. The summed E-state index contributed by atoms with van der Waals surface area (Å²) in [6.07, 6.45) is -2.71. The Balaban J connectivity index is 2.25. The number of hydrogen-bond donors (Lipinski definition) is 1. The average molecular weight is 383 g/mol. The summed E-state index contributed by atoms with van der Waals surface area (Å²) >= 11 is 0.731. The Hall–Kier alpha value is -2.81. The predicted molar refractivity (Wildman–Crippen MR) is 88.6 cm³/mol. The Kier molecular flexibility index (Phi) is 4.49. The van der Waals surface area contributed by atoms with Crippen LogP contribution in [0.1, 0.15) is 34.3 Å². The van der Waals surface area contributed by atoms with Gasteiger partial charge >= 0.3 is 5.97 Å². The molecule has 0 aliphatic rings. The van der Waals surface area contributed by atoms with Crippen LogP contribution in [0.15, 0.2) is 23.6 Å². The van der Waals surface area contributed by atoms with E-state index in [1.54, 1.807) is 0 Å². The highest BCUT2D eigenvalue weighted by Crippen LogP contribution is 2.39. The third-order valence-electron chi connectivity index (χ3n) is 3.76. The molecule has 2 heterocycles. The summed E-state index contributed by atoms with van der Waals surface area (Å²) in [5.41, 5.74) is 0.145. The van der Waals surface area contributed by atoms with Crippen molar-refractivity contribution in [2.45, 2.75) is 20.3 Å². The fourth-order valence-corrected chi connectivity index (χ4v) is 3.39. The standard InChI is InChI=1S/C17H12F3NO4S/c1-7-15(25-8(2)22)13-10(3-4-11(23)14(13)18)21(7)17(24)9-5-12(16(19)20)26-6-9/h3-6,16,23H,1-2H3. The summed E-state index contributed by atoms with van der Waals surface area (Å²) in [4.78, 5) is 23.9. The van der Waals surface area contributed by atoms with E-state index in [0.29, 0.717) is 0 Å². The number of rotatable bonds is 3. The van der Waals surface area contributed by atoms with Gasteiger partial charge in [0.2, 0.25) is 0 Å². The Morgan fingerprint density at radius 2 is 2.00 bits per heavy atom. The second-order valence-corrected chi connectivity index (χ2v) is 6.42. The lowest BCUT2D eigenvalue weighted by atomic mass is 10.2. The van der Waals surface area contributed by atoms with Gasteiger partial charge in [0.25, 0.3) is 12.3 Å². The number of aromatic nitrogens is 1. The molecule has 3 rings (SSSR count). The number of carbonyl (C=O) groups excluding carboxylic acids is 2. The molecule has 0 aliphatic carbocycles. The number of hydrogen-bond acceptors (Lipinski definition) is 5. The van der Waals surface area contributed by atoms with Crippen LogP contribution in [0.3, 0.4) is 0 Å². The summed E-state index contributed by atoms with van der Waals surface area (Å²) in [5, 5.41) is 10.6. The average Bonchev–Trinajstić information content (AvgIpc) is 3.15. The first kappa shape index (κ1) is 18.0. The van der Waals surface area contributed by atoms with Crippen LogP contribution in [-0.2, 0) is 4.79 Å². The molecule has 0 amide bonds. The van der Waals surface area contributed by atoms with E-state index in [4.69, 9.17) is 4.74 Å². The molecule has 26 heavy (non-hydrogen) atoms. The van der Waals surface area contributed by atoms with Crippen LogP contribution in [0, 0.1) is 12.7 Å². The van der Waals surface area contributed by atoms with Crippen molar-refractivity contribution in [3.05, 3.63) is 45.5 Å². The molecule has 0 radical (unpaired) electrons. The van der Waals surface area contributed by atoms with E-state index < -0.39 is 29.9 Å². The molecule has 5 nitrogen and oxygen atoms in total. The highest BCUT2D eigenvalue weighted by atomic mass is 32.1. The number of phenolic OH excluding ortho intramolecular Hbond substituents is 1. The smallest absolute Gasteiger partial charge is 0.308 e. The number of benzene rings is 1. The lowest BCUT2D eigenvalue weighted by Gasteiger charge is -2.05. The van der Waals surface area contributed by atoms with Crippen molar-refractivity contribution in [2.24, 2.45) is 0 Å². The van der Waals surface area contributed by atoms with Crippen molar-refractivity contribution in [2.75, 3.05) is 0 Å². The van der Waals surface area contributed by atoms with Crippen molar-refractivity contribution < 1.29 is 32.6 Å². The molecule has 1 aromatic carbocycles. The Labute approximate surface area is 149 Å². The summed E-state index contributed by atoms with van der Waals surface area (Å²) in [5.74, 6) is -3.35. The van der Waals surface area contributed by atoms with Crippen molar-refractivity contribution in [1.82, 2.24) is 4.57 Å². The molecule has 0 saturated heterocycles. The second-order valence-electron chi connectivity index (χ2n) is 5.48. The van der Waals surface area contributed by atoms with Gasteiger partial charge in [-0.3, -0.25) is 14.2 Å². The van der Waals surface area contributed by atoms with Crippen LogP contribution < -0.4 is 4.74 Å². The third-order valence-corrected chi connectivity index (χ3v) is 4.70. The number of nitrogens with zero attached hydrogens (tertiary/aromatic N) is 1. The maximum Gasteiger partial charge on any atom is 0.308 e. The highest BCUT2D eigenvalue weighted by Gasteiger charge is 2.26. The molecule has 2 aromatic heterocycles. The SMILES string of the molecule is CC(=O)Oc1c(C)n(C(=O)c2csc(C(F)F)c2)c2ccc(O)c(F)c12. The molecule has 1 N–H and O–H groups in total. The van der Waals surface area contributed by atoms with Crippen LogP contribution >= 0.6 is 11.3 Å². The number of aromatic hydroxyl groups is 1. The van der Waals surface area contributed by atoms with E-state index in [2.05, 4.69) is 0 Å². The van der Waals surface area contributed by atoms with Crippen LogP contribution in [-0.4, -0.2) is 21.6 Å². The molecule has 136 valence electrons. The van der Waals surface area contributed by atoms with Gasteiger partial charge in [-0.25, -0.2) is 13.2 Å². The largest absolute Gasteiger partial charge is 0.505 e. The van der Waals surface area contributed by atoms with E-state index in [9.17, 15) is 27.9 Å². The zero-order valence-electron chi connectivity index (χ0n) is 13.5. The number of halogens is 3. The lowest BCUT2D eigenvalue weighted by molar-refractivity contribution is -0.131. The molecular formula is C17H12F3NO4S. The lowest BCUT2D eigenvalue weighted by Crippen LogP contribution is -2.13. The number of ether oxygens (including phenoxy) is 1. The maximum absolute atomic E-state index is 14.4. The molecule has 0 unspecified atom stereocenters. The highest BCUT2D eigenvalue weighted by molar-refractivity contribution is 7.10. The molecule has 9 heteroatoms. The number of carbonyl (C=O) groups is 2. The van der Waals surface area contributed by atoms with Crippen molar-refractivity contribution >= 4 is 34.1 Å². The van der Waals surface area contributed by atoms with Crippen molar-refractivity contribution in [3.8, 4) is 11.5 Å². The van der Waals surface area contributed by atoms with Gasteiger partial charge in [0.05, 0.1) is 27.0 Å². The van der Waals surface area contributed by atoms with Crippen molar-refractivity contribution in [1.29, 1.82) is 0 Å². The Morgan fingerprint density at radius 3 is 2.58 bits per heavy atom. The zero-order chi connectivity index (χ0) is 19.2. The quantitative estimate of drug-likeness (QED) is 0.681. The Bertz CT molecular complexity index is 1040. The minimum atomic E-state index is -2.71. The topological polar surface area (TPSA) is 68.5 Å². The van der Waals surface area contributed by atoms with Crippen molar-refractivity contribution in [3.63, 3.8) is 0 Å².